The first-order valence-electron chi connectivity index (χ1n) is 8.93. The predicted molar refractivity (Wildman–Crippen MR) is 127 cm³/mol. The summed E-state index contributed by atoms with van der Waals surface area (Å²) in [5.74, 6) is 1.70. The summed E-state index contributed by atoms with van der Waals surface area (Å²) in [6.45, 7) is 1.89. The number of nitrogens with one attached hydrogen (secondary N) is 1. The van der Waals surface area contributed by atoms with Crippen LogP contribution in [0.2, 0.25) is 0 Å². The van der Waals surface area contributed by atoms with Crippen molar-refractivity contribution in [3.63, 3.8) is 0 Å². The molecule has 0 aliphatic rings. The molecule has 0 unspecified atom stereocenters. The van der Waals surface area contributed by atoms with Gasteiger partial charge in [0, 0.05) is 20.6 Å². The molecule has 0 saturated carbocycles. The smallest absolute Gasteiger partial charge is 0.267 e. The Balaban J connectivity index is 1.52. The summed E-state index contributed by atoms with van der Waals surface area (Å²) in [6, 6.07) is 26.2. The molecule has 0 aliphatic heterocycles. The minimum atomic E-state index is -0.200. The van der Waals surface area contributed by atoms with E-state index in [4.69, 9.17) is 0 Å². The monoisotopic (exact) mass is 500 g/mol. The van der Waals surface area contributed by atoms with Gasteiger partial charge in [-0.3, -0.25) is 4.79 Å². The third kappa shape index (κ3) is 6.21. The lowest BCUT2D eigenvalue weighted by Gasteiger charge is -2.05. The molecule has 0 aliphatic carbocycles. The van der Waals surface area contributed by atoms with Crippen LogP contribution >= 0.6 is 34.4 Å². The van der Waals surface area contributed by atoms with Crippen molar-refractivity contribution < 1.29 is 4.79 Å². The molecule has 3 rings (SSSR count). The average molecular weight is 500 g/mol. The Morgan fingerprint density at radius 3 is 2.25 bits per heavy atom. The molecule has 0 heterocycles. The first kappa shape index (κ1) is 20.6. The first-order valence-corrected chi connectivity index (χ1v) is 11.2. The molecule has 142 valence electrons. The molecule has 28 heavy (non-hydrogen) atoms. The van der Waals surface area contributed by atoms with Gasteiger partial charge >= 0.3 is 0 Å². The van der Waals surface area contributed by atoms with Gasteiger partial charge in [-0.15, -0.1) is 0 Å². The van der Waals surface area contributed by atoms with Crippen molar-refractivity contribution in [1.29, 1.82) is 0 Å². The lowest BCUT2D eigenvalue weighted by Crippen LogP contribution is -2.19. The van der Waals surface area contributed by atoms with E-state index in [0.29, 0.717) is 5.56 Å². The highest BCUT2D eigenvalue weighted by Gasteiger charge is 2.06. The molecule has 0 aromatic heterocycles. The molecule has 0 saturated heterocycles. The van der Waals surface area contributed by atoms with Crippen LogP contribution in [0.4, 0.5) is 0 Å². The topological polar surface area (TPSA) is 41.5 Å². The van der Waals surface area contributed by atoms with Gasteiger partial charge in [-0.05, 0) is 70.5 Å². The minimum Gasteiger partial charge on any atom is -0.267 e. The van der Waals surface area contributed by atoms with E-state index >= 15 is 0 Å². The van der Waals surface area contributed by atoms with E-state index in [1.165, 1.54) is 11.1 Å². The number of hydrogen-bond acceptors (Lipinski definition) is 3. The van der Waals surface area contributed by atoms with Crippen LogP contribution in [-0.4, -0.2) is 11.6 Å². The number of amides is 1. The number of hydrazone groups is 1. The second-order valence-electron chi connectivity index (χ2n) is 6.32. The van der Waals surface area contributed by atoms with Crippen LogP contribution in [0.25, 0.3) is 0 Å². The third-order valence-corrected chi connectivity index (χ3v) is 5.91. The minimum absolute atomic E-state index is 0.200. The molecule has 3 nitrogen and oxygen atoms in total. The largest absolute Gasteiger partial charge is 0.271 e. The molecule has 0 bridgehead atoms. The molecule has 3 aromatic carbocycles. The Labute approximate surface area is 183 Å². The molecular weight excluding hydrogens is 479 g/mol. The van der Waals surface area contributed by atoms with Crippen LogP contribution in [0.5, 0.6) is 0 Å². The highest BCUT2D eigenvalue weighted by molar-refractivity contribution is 14.1. The summed E-state index contributed by atoms with van der Waals surface area (Å²) in [4.78, 5) is 12.3. The molecule has 0 fully saturated rings. The summed E-state index contributed by atoms with van der Waals surface area (Å²) in [5, 5.41) is 4.23. The number of hydrogen-bond donors (Lipinski definition) is 1. The van der Waals surface area contributed by atoms with Crippen molar-refractivity contribution in [2.45, 2.75) is 18.4 Å². The highest BCUT2D eigenvalue weighted by Crippen LogP contribution is 2.18. The van der Waals surface area contributed by atoms with Gasteiger partial charge in [-0.1, -0.05) is 54.6 Å². The molecule has 1 N–H and O–H groups in total. The summed E-state index contributed by atoms with van der Waals surface area (Å²) >= 11 is 4.13. The second-order valence-corrected chi connectivity index (χ2v) is 8.56. The fourth-order valence-electron chi connectivity index (χ4n) is 2.59. The van der Waals surface area contributed by atoms with Gasteiger partial charge in [0.05, 0.1) is 5.71 Å². The van der Waals surface area contributed by atoms with Crippen LogP contribution in [0, 0.1) is 3.57 Å². The zero-order chi connectivity index (χ0) is 19.8. The quantitative estimate of drug-likeness (QED) is 0.250. The van der Waals surface area contributed by atoms with Gasteiger partial charge in [0.2, 0.25) is 0 Å². The standard InChI is InChI=1S/C23H21IN2OS/c1-17(21-8-5-9-22(24)14-21)25-26-23(27)20-12-10-19(11-13-20)16-28-15-18-6-3-2-4-7-18/h2-14H,15-16H2,1H3,(H,26,27)/b25-17-. The zero-order valence-corrected chi connectivity index (χ0v) is 18.5. The Morgan fingerprint density at radius 1 is 0.893 bits per heavy atom. The Morgan fingerprint density at radius 2 is 1.57 bits per heavy atom. The third-order valence-electron chi connectivity index (χ3n) is 4.16. The van der Waals surface area contributed by atoms with Crippen molar-refractivity contribution in [2.24, 2.45) is 5.10 Å². The van der Waals surface area contributed by atoms with Gasteiger partial charge in [-0.25, -0.2) is 5.43 Å². The molecular formula is C23H21IN2OS. The summed E-state index contributed by atoms with van der Waals surface area (Å²) < 4.78 is 1.14. The Hall–Kier alpha value is -2.12. The molecule has 5 heteroatoms. The van der Waals surface area contributed by atoms with Crippen molar-refractivity contribution in [3.8, 4) is 0 Å². The summed E-state index contributed by atoms with van der Waals surface area (Å²) in [5.41, 5.74) is 7.55. The fourth-order valence-corrected chi connectivity index (χ4v) is 4.09. The lowest BCUT2D eigenvalue weighted by atomic mass is 10.1. The summed E-state index contributed by atoms with van der Waals surface area (Å²) in [7, 11) is 0. The molecule has 0 atom stereocenters. The van der Waals surface area contributed by atoms with Crippen molar-refractivity contribution in [2.75, 3.05) is 0 Å². The number of benzene rings is 3. The van der Waals surface area contributed by atoms with Crippen LogP contribution in [0.15, 0.2) is 84.0 Å². The number of carbonyl (C=O) groups is 1. The molecule has 3 aromatic rings. The van der Waals surface area contributed by atoms with Crippen molar-refractivity contribution in [3.05, 3.63) is 105 Å². The Bertz CT molecular complexity index is 956. The lowest BCUT2D eigenvalue weighted by molar-refractivity contribution is 0.0955. The van der Waals surface area contributed by atoms with Gasteiger partial charge in [-0.2, -0.15) is 16.9 Å². The predicted octanol–water partition coefficient (Wildman–Crippen LogP) is 5.88. The van der Waals surface area contributed by atoms with Crippen molar-refractivity contribution in [1.82, 2.24) is 5.43 Å². The number of thioether (sulfide) groups is 1. The maximum atomic E-state index is 12.3. The van der Waals surface area contributed by atoms with Crippen LogP contribution in [0.1, 0.15) is 34.0 Å². The van der Waals surface area contributed by atoms with Gasteiger partial charge < -0.3 is 0 Å². The van der Waals surface area contributed by atoms with Crippen LogP contribution in [-0.2, 0) is 11.5 Å². The number of nitrogens with zero attached hydrogens (tertiary/aromatic N) is 1. The number of halogens is 1. The fraction of sp³-hybridized carbons (Fsp3) is 0.130. The van der Waals surface area contributed by atoms with E-state index in [1.54, 1.807) is 0 Å². The number of carbonyl (C=O) groups excluding carboxylic acids is 1. The van der Waals surface area contributed by atoms with E-state index < -0.39 is 0 Å². The van der Waals surface area contributed by atoms with Gasteiger partial charge in [0.15, 0.2) is 0 Å². The maximum Gasteiger partial charge on any atom is 0.271 e. The van der Waals surface area contributed by atoms with Crippen molar-refractivity contribution >= 4 is 46.0 Å². The van der Waals surface area contributed by atoms with E-state index in [1.807, 2.05) is 73.3 Å². The average Bonchev–Trinajstić information content (AvgIpc) is 2.73. The van der Waals surface area contributed by atoms with E-state index in [9.17, 15) is 4.79 Å². The van der Waals surface area contributed by atoms with Crippen LogP contribution in [0.3, 0.4) is 0 Å². The zero-order valence-electron chi connectivity index (χ0n) is 15.6. The maximum absolute atomic E-state index is 12.3. The van der Waals surface area contributed by atoms with Gasteiger partial charge in [0.25, 0.3) is 5.91 Å². The Kier molecular flexibility index (Phi) is 7.68. The van der Waals surface area contributed by atoms with E-state index in [2.05, 4.69) is 57.4 Å². The number of rotatable bonds is 7. The molecule has 1 amide bonds. The normalized spacial score (nSPS) is 11.3. The van der Waals surface area contributed by atoms with E-state index in [0.717, 1.165) is 26.4 Å². The van der Waals surface area contributed by atoms with Gasteiger partial charge in [0.1, 0.15) is 0 Å². The second kappa shape index (κ2) is 10.4. The highest BCUT2D eigenvalue weighted by atomic mass is 127. The molecule has 0 radical (unpaired) electrons. The van der Waals surface area contributed by atoms with E-state index in [-0.39, 0.29) is 5.91 Å². The summed E-state index contributed by atoms with van der Waals surface area (Å²) in [6.07, 6.45) is 0. The molecule has 0 spiro atoms. The first-order chi connectivity index (χ1) is 13.6. The SMILES string of the molecule is C/C(=N/NC(=O)c1ccc(CSCc2ccccc2)cc1)c1cccc(I)c1. The van der Waals surface area contributed by atoms with Crippen LogP contribution < -0.4 is 5.43 Å².